The normalized spacial score (nSPS) is 11.1. The number of H-pyrrole nitrogens is 1. The van der Waals surface area contributed by atoms with Crippen LogP contribution >= 0.6 is 0 Å². The average Bonchev–Trinajstić information content (AvgIpc) is 3.01. The number of aliphatic hydroxyl groups excluding tert-OH is 1. The quantitative estimate of drug-likeness (QED) is 0.618. The summed E-state index contributed by atoms with van der Waals surface area (Å²) < 4.78 is 6.50. The van der Waals surface area contributed by atoms with E-state index in [0.29, 0.717) is 24.2 Å². The summed E-state index contributed by atoms with van der Waals surface area (Å²) in [6.45, 7) is 0.953. The Morgan fingerprint density at radius 3 is 3.20 bits per heavy atom. The maximum atomic E-state index is 11.1. The number of hydrogen-bond donors (Lipinski definition) is 3. The van der Waals surface area contributed by atoms with Gasteiger partial charge in [-0.1, -0.05) is 5.21 Å². The molecule has 3 aromatic rings. The third-order valence-corrected chi connectivity index (χ3v) is 2.81. The Bertz CT molecular complexity index is 773. The third kappa shape index (κ3) is 2.54. The summed E-state index contributed by atoms with van der Waals surface area (Å²) in [5.74, 6) is -0.468. The topological polar surface area (TPSA) is 109 Å². The highest BCUT2D eigenvalue weighted by molar-refractivity contribution is 5.76. The molecule has 0 atom stereocenters. The van der Waals surface area contributed by atoms with E-state index in [2.05, 4.69) is 20.6 Å². The van der Waals surface area contributed by atoms with Gasteiger partial charge in [0.25, 0.3) is 0 Å². The van der Waals surface area contributed by atoms with E-state index in [1.807, 2.05) is 6.07 Å². The molecule has 0 bridgehead atoms. The van der Waals surface area contributed by atoms with Crippen molar-refractivity contribution in [1.29, 1.82) is 0 Å². The monoisotopic (exact) mass is 275 g/mol. The second-order valence-electron chi connectivity index (χ2n) is 4.28. The zero-order valence-corrected chi connectivity index (χ0v) is 10.5. The summed E-state index contributed by atoms with van der Waals surface area (Å²) in [5.41, 5.74) is 2.77. The molecule has 0 amide bonds. The van der Waals surface area contributed by atoms with Crippen molar-refractivity contribution < 1.29 is 9.52 Å². The molecular weight excluding hydrogens is 262 g/mol. The summed E-state index contributed by atoms with van der Waals surface area (Å²) in [7, 11) is 0. The minimum absolute atomic E-state index is 0.0285. The van der Waals surface area contributed by atoms with Crippen LogP contribution in [0, 0.1) is 0 Å². The number of aromatic nitrogens is 4. The molecule has 0 saturated carbocycles. The standard InChI is InChI=1S/C12H13N5O3/c18-4-3-17-7-9(15-16-17)6-13-8-1-2-11-10(5-8)14-12(19)20-11/h1-2,5,7,13,18H,3-4,6H2,(H,14,19). The lowest BCUT2D eigenvalue weighted by atomic mass is 10.3. The smallest absolute Gasteiger partial charge is 0.408 e. The summed E-state index contributed by atoms with van der Waals surface area (Å²) in [6.07, 6.45) is 1.77. The molecule has 0 aliphatic carbocycles. The first-order valence-electron chi connectivity index (χ1n) is 6.11. The molecule has 20 heavy (non-hydrogen) atoms. The first-order chi connectivity index (χ1) is 9.74. The number of fused-ring (bicyclic) bond motifs is 1. The molecule has 0 radical (unpaired) electrons. The van der Waals surface area contributed by atoms with Gasteiger partial charge >= 0.3 is 5.76 Å². The Morgan fingerprint density at radius 1 is 1.45 bits per heavy atom. The van der Waals surface area contributed by atoms with Crippen molar-refractivity contribution in [2.45, 2.75) is 13.1 Å². The maximum absolute atomic E-state index is 11.1. The predicted molar refractivity (Wildman–Crippen MR) is 71.3 cm³/mol. The molecule has 2 aromatic heterocycles. The SMILES string of the molecule is O=c1[nH]c2cc(NCc3cn(CCO)nn3)ccc2o1. The lowest BCUT2D eigenvalue weighted by Gasteiger charge is -2.03. The van der Waals surface area contributed by atoms with Crippen molar-refractivity contribution in [3.8, 4) is 0 Å². The Morgan fingerprint density at radius 2 is 2.35 bits per heavy atom. The Labute approximate surface area is 113 Å². The van der Waals surface area contributed by atoms with Crippen LogP contribution in [0.1, 0.15) is 5.69 Å². The van der Waals surface area contributed by atoms with Crippen molar-refractivity contribution in [1.82, 2.24) is 20.0 Å². The van der Waals surface area contributed by atoms with Crippen molar-refractivity contribution in [2.24, 2.45) is 0 Å². The largest absolute Gasteiger partial charge is 0.417 e. The zero-order valence-electron chi connectivity index (χ0n) is 10.5. The molecule has 1 aromatic carbocycles. The van der Waals surface area contributed by atoms with Gasteiger partial charge in [0.15, 0.2) is 5.58 Å². The summed E-state index contributed by atoms with van der Waals surface area (Å²) in [6, 6.07) is 5.33. The van der Waals surface area contributed by atoms with Gasteiger partial charge in [0.2, 0.25) is 0 Å². The highest BCUT2D eigenvalue weighted by Gasteiger charge is 2.03. The Kier molecular flexibility index (Phi) is 3.21. The number of nitrogens with one attached hydrogen (secondary N) is 2. The van der Waals surface area contributed by atoms with E-state index in [9.17, 15) is 4.79 Å². The summed E-state index contributed by atoms with van der Waals surface area (Å²) >= 11 is 0. The first-order valence-corrected chi connectivity index (χ1v) is 6.11. The number of aliphatic hydroxyl groups is 1. The molecular formula is C12H13N5O3. The number of anilines is 1. The first kappa shape index (κ1) is 12.4. The van der Waals surface area contributed by atoms with Crippen LogP contribution in [0.5, 0.6) is 0 Å². The highest BCUT2D eigenvalue weighted by atomic mass is 16.4. The minimum Gasteiger partial charge on any atom is -0.408 e. The van der Waals surface area contributed by atoms with E-state index in [1.165, 1.54) is 0 Å². The van der Waals surface area contributed by atoms with Crippen molar-refractivity contribution in [3.05, 3.63) is 40.6 Å². The molecule has 0 unspecified atom stereocenters. The molecule has 0 spiro atoms. The second kappa shape index (κ2) is 5.17. The van der Waals surface area contributed by atoms with Crippen LogP contribution in [0.2, 0.25) is 0 Å². The van der Waals surface area contributed by atoms with Gasteiger partial charge in [0.05, 0.1) is 31.4 Å². The number of hydrogen-bond acceptors (Lipinski definition) is 6. The summed E-state index contributed by atoms with van der Waals surface area (Å²) in [5, 5.41) is 19.8. The van der Waals surface area contributed by atoms with Gasteiger partial charge < -0.3 is 14.8 Å². The third-order valence-electron chi connectivity index (χ3n) is 2.81. The number of benzene rings is 1. The summed E-state index contributed by atoms with van der Waals surface area (Å²) in [4.78, 5) is 13.7. The molecule has 3 N–H and O–H groups in total. The number of nitrogens with zero attached hydrogens (tertiary/aromatic N) is 3. The zero-order chi connectivity index (χ0) is 13.9. The van der Waals surface area contributed by atoms with Crippen molar-refractivity contribution >= 4 is 16.8 Å². The second-order valence-corrected chi connectivity index (χ2v) is 4.28. The fraction of sp³-hybridized carbons (Fsp3) is 0.250. The van der Waals surface area contributed by atoms with Gasteiger partial charge in [-0.15, -0.1) is 5.10 Å². The Hall–Kier alpha value is -2.61. The van der Waals surface area contributed by atoms with Crippen LogP contribution in [0.15, 0.2) is 33.6 Å². The van der Waals surface area contributed by atoms with E-state index in [-0.39, 0.29) is 6.61 Å². The molecule has 0 fully saturated rings. The van der Waals surface area contributed by atoms with E-state index in [4.69, 9.17) is 9.52 Å². The van der Waals surface area contributed by atoms with Crippen LogP contribution < -0.4 is 11.1 Å². The van der Waals surface area contributed by atoms with Gasteiger partial charge in [-0.05, 0) is 18.2 Å². The van der Waals surface area contributed by atoms with Crippen LogP contribution in [0.25, 0.3) is 11.1 Å². The molecule has 0 saturated heterocycles. The molecule has 3 rings (SSSR count). The maximum Gasteiger partial charge on any atom is 0.417 e. The van der Waals surface area contributed by atoms with E-state index >= 15 is 0 Å². The van der Waals surface area contributed by atoms with Gasteiger partial charge in [-0.25, -0.2) is 9.48 Å². The van der Waals surface area contributed by atoms with Crippen molar-refractivity contribution in [2.75, 3.05) is 11.9 Å². The van der Waals surface area contributed by atoms with Gasteiger partial charge in [0.1, 0.15) is 5.69 Å². The molecule has 2 heterocycles. The van der Waals surface area contributed by atoms with Crippen molar-refractivity contribution in [3.63, 3.8) is 0 Å². The number of aromatic amines is 1. The lowest BCUT2D eigenvalue weighted by Crippen LogP contribution is -2.02. The fourth-order valence-electron chi connectivity index (χ4n) is 1.89. The molecule has 104 valence electrons. The van der Waals surface area contributed by atoms with Gasteiger partial charge in [0, 0.05) is 5.69 Å². The van der Waals surface area contributed by atoms with Crippen LogP contribution in [-0.4, -0.2) is 31.7 Å². The highest BCUT2D eigenvalue weighted by Crippen LogP contribution is 2.16. The molecule has 0 aliphatic heterocycles. The lowest BCUT2D eigenvalue weighted by molar-refractivity contribution is 0.268. The van der Waals surface area contributed by atoms with Crippen LogP contribution in [0.3, 0.4) is 0 Å². The molecule has 8 nitrogen and oxygen atoms in total. The van der Waals surface area contributed by atoms with Crippen LogP contribution in [-0.2, 0) is 13.1 Å². The van der Waals surface area contributed by atoms with Crippen LogP contribution in [0.4, 0.5) is 5.69 Å². The Balaban J connectivity index is 1.70. The fourth-order valence-corrected chi connectivity index (χ4v) is 1.89. The van der Waals surface area contributed by atoms with Gasteiger partial charge in [-0.3, -0.25) is 4.98 Å². The van der Waals surface area contributed by atoms with E-state index in [0.717, 1.165) is 11.4 Å². The molecule has 8 heteroatoms. The molecule has 0 aliphatic rings. The minimum atomic E-state index is -0.468. The van der Waals surface area contributed by atoms with Gasteiger partial charge in [-0.2, -0.15) is 0 Å². The number of rotatable bonds is 5. The number of oxazole rings is 1. The predicted octanol–water partition coefficient (Wildman–Crippen LogP) is 0.317. The van der Waals surface area contributed by atoms with E-state index < -0.39 is 5.76 Å². The average molecular weight is 275 g/mol. The van der Waals surface area contributed by atoms with E-state index in [1.54, 1.807) is 23.0 Å².